The minimum Gasteiger partial charge on any atom is -0.380 e. The third-order valence-electron chi connectivity index (χ3n) is 2.48. The molecule has 6 nitrogen and oxygen atoms in total. The summed E-state index contributed by atoms with van der Waals surface area (Å²) in [5, 5.41) is 11.2. The van der Waals surface area contributed by atoms with E-state index in [1.165, 1.54) is 0 Å². The van der Waals surface area contributed by atoms with Crippen LogP contribution in [0, 0.1) is 0 Å². The highest BCUT2D eigenvalue weighted by Crippen LogP contribution is 1.93. The Labute approximate surface area is 103 Å². The van der Waals surface area contributed by atoms with Gasteiger partial charge in [0.05, 0.1) is 18.8 Å². The van der Waals surface area contributed by atoms with Crippen LogP contribution in [0.15, 0.2) is 6.20 Å². The molecule has 0 atom stereocenters. The van der Waals surface area contributed by atoms with E-state index in [1.807, 2.05) is 24.9 Å². The Morgan fingerprint density at radius 3 is 3.00 bits per heavy atom. The molecule has 17 heavy (non-hydrogen) atoms. The molecule has 0 aromatic carbocycles. The van der Waals surface area contributed by atoms with E-state index in [4.69, 9.17) is 4.74 Å². The molecule has 1 N–H and O–H groups in total. The highest BCUT2D eigenvalue weighted by Gasteiger charge is 2.02. The standard InChI is InChI=1S/C11H23N5O/c1-4-17-8-7-15(3)5-6-16-10-11(9-12-2)13-14-16/h10,12H,4-9H2,1-3H3. The van der Waals surface area contributed by atoms with Gasteiger partial charge in [-0.25, -0.2) is 0 Å². The molecule has 0 aliphatic heterocycles. The van der Waals surface area contributed by atoms with Gasteiger partial charge < -0.3 is 15.0 Å². The number of likely N-dealkylation sites (N-methyl/N-ethyl adjacent to an activating group) is 1. The number of ether oxygens (including phenoxy) is 1. The second-order valence-electron chi connectivity index (χ2n) is 4.00. The van der Waals surface area contributed by atoms with Crippen LogP contribution in [0.25, 0.3) is 0 Å². The molecule has 0 saturated heterocycles. The van der Waals surface area contributed by atoms with Crippen LogP contribution in [-0.2, 0) is 17.8 Å². The Morgan fingerprint density at radius 1 is 1.47 bits per heavy atom. The molecular formula is C11H23N5O. The molecule has 1 aromatic rings. The van der Waals surface area contributed by atoms with E-state index < -0.39 is 0 Å². The van der Waals surface area contributed by atoms with Crippen molar-refractivity contribution in [2.75, 3.05) is 40.4 Å². The molecule has 0 spiro atoms. The minimum absolute atomic E-state index is 0.764. The fraction of sp³-hybridized carbons (Fsp3) is 0.818. The van der Waals surface area contributed by atoms with Gasteiger partial charge >= 0.3 is 0 Å². The smallest absolute Gasteiger partial charge is 0.0964 e. The van der Waals surface area contributed by atoms with Crippen LogP contribution in [0.1, 0.15) is 12.6 Å². The maximum absolute atomic E-state index is 5.31. The van der Waals surface area contributed by atoms with Crippen LogP contribution >= 0.6 is 0 Å². The molecule has 0 aliphatic rings. The zero-order valence-electron chi connectivity index (χ0n) is 11.0. The van der Waals surface area contributed by atoms with Crippen LogP contribution in [0.2, 0.25) is 0 Å². The van der Waals surface area contributed by atoms with E-state index in [1.54, 1.807) is 0 Å². The SMILES string of the molecule is CCOCCN(C)CCn1cc(CNC)nn1. The first-order valence-electron chi connectivity index (χ1n) is 6.06. The molecule has 0 amide bonds. The first-order chi connectivity index (χ1) is 8.26. The van der Waals surface area contributed by atoms with Gasteiger partial charge in [0.2, 0.25) is 0 Å². The average molecular weight is 241 g/mol. The average Bonchev–Trinajstić information content (AvgIpc) is 2.75. The van der Waals surface area contributed by atoms with Crippen molar-refractivity contribution < 1.29 is 4.74 Å². The molecule has 0 aliphatic carbocycles. The van der Waals surface area contributed by atoms with Gasteiger partial charge in [0.25, 0.3) is 0 Å². The third kappa shape index (κ3) is 5.76. The van der Waals surface area contributed by atoms with Gasteiger partial charge in [0, 0.05) is 32.4 Å². The Balaban J connectivity index is 2.19. The molecule has 0 radical (unpaired) electrons. The van der Waals surface area contributed by atoms with Gasteiger partial charge in [-0.3, -0.25) is 4.68 Å². The van der Waals surface area contributed by atoms with Gasteiger partial charge in [-0.1, -0.05) is 5.21 Å². The fourth-order valence-corrected chi connectivity index (χ4v) is 1.46. The predicted octanol–water partition coefficient (Wildman–Crippen LogP) is -0.0342. The summed E-state index contributed by atoms with van der Waals surface area (Å²) in [6.07, 6.45) is 1.98. The van der Waals surface area contributed by atoms with Crippen molar-refractivity contribution in [3.8, 4) is 0 Å². The van der Waals surface area contributed by atoms with Crippen molar-refractivity contribution >= 4 is 0 Å². The topological polar surface area (TPSA) is 55.2 Å². The van der Waals surface area contributed by atoms with Crippen molar-refractivity contribution in [2.24, 2.45) is 0 Å². The van der Waals surface area contributed by atoms with Crippen LogP contribution in [-0.4, -0.2) is 60.3 Å². The maximum Gasteiger partial charge on any atom is 0.0964 e. The summed E-state index contributed by atoms with van der Waals surface area (Å²) in [5.41, 5.74) is 0.976. The summed E-state index contributed by atoms with van der Waals surface area (Å²) in [6, 6.07) is 0. The largest absolute Gasteiger partial charge is 0.380 e. The lowest BCUT2D eigenvalue weighted by molar-refractivity contribution is 0.120. The van der Waals surface area contributed by atoms with Crippen molar-refractivity contribution in [1.82, 2.24) is 25.2 Å². The van der Waals surface area contributed by atoms with Gasteiger partial charge in [-0.05, 0) is 21.0 Å². The van der Waals surface area contributed by atoms with E-state index in [0.717, 1.165) is 45.1 Å². The Morgan fingerprint density at radius 2 is 2.29 bits per heavy atom. The van der Waals surface area contributed by atoms with Crippen LogP contribution in [0.5, 0.6) is 0 Å². The monoisotopic (exact) mass is 241 g/mol. The molecule has 1 rings (SSSR count). The minimum atomic E-state index is 0.764. The van der Waals surface area contributed by atoms with Gasteiger partial charge in [-0.2, -0.15) is 0 Å². The molecule has 0 bridgehead atoms. The lowest BCUT2D eigenvalue weighted by atomic mass is 10.4. The number of rotatable bonds is 9. The zero-order valence-corrected chi connectivity index (χ0v) is 11.0. The van der Waals surface area contributed by atoms with Gasteiger partial charge in [0.15, 0.2) is 0 Å². The molecule has 98 valence electrons. The first kappa shape index (κ1) is 14.1. The van der Waals surface area contributed by atoms with E-state index in [2.05, 4.69) is 27.6 Å². The van der Waals surface area contributed by atoms with E-state index in [0.29, 0.717) is 0 Å². The van der Waals surface area contributed by atoms with Gasteiger partial charge in [0.1, 0.15) is 0 Å². The van der Waals surface area contributed by atoms with Crippen LogP contribution in [0.3, 0.4) is 0 Å². The molecule has 1 heterocycles. The summed E-state index contributed by atoms with van der Waals surface area (Å²) in [4.78, 5) is 2.23. The summed E-state index contributed by atoms with van der Waals surface area (Å²) in [6.45, 7) is 7.11. The summed E-state index contributed by atoms with van der Waals surface area (Å²) < 4.78 is 7.19. The number of hydrogen-bond donors (Lipinski definition) is 1. The highest BCUT2D eigenvalue weighted by molar-refractivity contribution is 4.90. The Hall–Kier alpha value is -0.980. The molecule has 1 aromatic heterocycles. The van der Waals surface area contributed by atoms with E-state index in [-0.39, 0.29) is 0 Å². The van der Waals surface area contributed by atoms with Crippen molar-refractivity contribution in [2.45, 2.75) is 20.0 Å². The third-order valence-corrected chi connectivity index (χ3v) is 2.48. The fourth-order valence-electron chi connectivity index (χ4n) is 1.46. The lowest BCUT2D eigenvalue weighted by Crippen LogP contribution is -2.27. The normalized spacial score (nSPS) is 11.3. The maximum atomic E-state index is 5.31. The molecule has 0 saturated carbocycles. The zero-order chi connectivity index (χ0) is 12.5. The lowest BCUT2D eigenvalue weighted by Gasteiger charge is -2.15. The number of aromatic nitrogens is 3. The second-order valence-corrected chi connectivity index (χ2v) is 4.00. The summed E-state index contributed by atoms with van der Waals surface area (Å²) >= 11 is 0. The Bertz CT molecular complexity index is 302. The summed E-state index contributed by atoms with van der Waals surface area (Å²) in [7, 11) is 3.99. The van der Waals surface area contributed by atoms with Crippen LogP contribution in [0.4, 0.5) is 0 Å². The first-order valence-corrected chi connectivity index (χ1v) is 6.06. The van der Waals surface area contributed by atoms with E-state index in [9.17, 15) is 0 Å². The number of hydrogen-bond acceptors (Lipinski definition) is 5. The second kappa shape index (κ2) is 8.16. The summed E-state index contributed by atoms with van der Waals surface area (Å²) in [5.74, 6) is 0. The molecule has 0 fully saturated rings. The number of nitrogens with one attached hydrogen (secondary N) is 1. The highest BCUT2D eigenvalue weighted by atomic mass is 16.5. The quantitative estimate of drug-likeness (QED) is 0.615. The van der Waals surface area contributed by atoms with E-state index >= 15 is 0 Å². The molecule has 6 heteroatoms. The number of nitrogens with zero attached hydrogens (tertiary/aromatic N) is 4. The molecular weight excluding hydrogens is 218 g/mol. The molecule has 0 unspecified atom stereocenters. The van der Waals surface area contributed by atoms with Crippen molar-refractivity contribution in [1.29, 1.82) is 0 Å². The van der Waals surface area contributed by atoms with Crippen LogP contribution < -0.4 is 5.32 Å². The predicted molar refractivity (Wildman–Crippen MR) is 66.8 cm³/mol. The van der Waals surface area contributed by atoms with Crippen molar-refractivity contribution in [3.05, 3.63) is 11.9 Å². The van der Waals surface area contributed by atoms with Gasteiger partial charge in [-0.15, -0.1) is 5.10 Å². The Kier molecular flexibility index (Phi) is 6.76. The van der Waals surface area contributed by atoms with Crippen molar-refractivity contribution in [3.63, 3.8) is 0 Å².